The first kappa shape index (κ1) is 12.6. The van der Waals surface area contributed by atoms with Gasteiger partial charge in [0, 0.05) is 17.1 Å². The molecule has 4 heteroatoms. The Morgan fingerprint density at radius 1 is 1.40 bits per heavy atom. The second-order valence-corrected chi connectivity index (χ2v) is 4.24. The molecule has 0 saturated heterocycles. The minimum atomic E-state index is -0.157. The zero-order valence-electron chi connectivity index (χ0n) is 8.94. The van der Waals surface area contributed by atoms with Crippen molar-refractivity contribution in [3.8, 4) is 0 Å². The van der Waals surface area contributed by atoms with Crippen LogP contribution >= 0.6 is 15.9 Å². The summed E-state index contributed by atoms with van der Waals surface area (Å²) in [6.45, 7) is 1.07. The van der Waals surface area contributed by atoms with Gasteiger partial charge in [-0.15, -0.1) is 0 Å². The smallest absolute Gasteiger partial charge is 0.132 e. The molecule has 0 aliphatic heterocycles. The average Bonchev–Trinajstić information content (AvgIpc) is 2.21. The predicted molar refractivity (Wildman–Crippen MR) is 62.4 cm³/mol. The van der Waals surface area contributed by atoms with Gasteiger partial charge in [0.1, 0.15) is 5.82 Å². The Bertz CT molecular complexity index is 331. The number of hydrogen-bond acceptors (Lipinski definition) is 2. The maximum atomic E-state index is 13.8. The molecule has 0 aliphatic carbocycles. The van der Waals surface area contributed by atoms with Gasteiger partial charge in [-0.2, -0.15) is 0 Å². The van der Waals surface area contributed by atoms with Crippen LogP contribution in [0.2, 0.25) is 0 Å². The Morgan fingerprint density at radius 2 is 2.07 bits per heavy atom. The van der Waals surface area contributed by atoms with Crippen molar-refractivity contribution in [3.63, 3.8) is 0 Å². The number of hydrogen-bond donors (Lipinski definition) is 1. The van der Waals surface area contributed by atoms with Crippen LogP contribution in [-0.2, 0) is 17.8 Å². The van der Waals surface area contributed by atoms with Crippen LogP contribution in [0.15, 0.2) is 16.6 Å². The molecule has 0 fully saturated rings. The fourth-order valence-electron chi connectivity index (χ4n) is 1.41. The maximum absolute atomic E-state index is 13.8. The van der Waals surface area contributed by atoms with E-state index in [2.05, 4.69) is 21.2 Å². The maximum Gasteiger partial charge on any atom is 0.132 e. The second kappa shape index (κ2) is 6.20. The highest BCUT2D eigenvalue weighted by Gasteiger charge is 2.09. The molecule has 2 nitrogen and oxygen atoms in total. The largest absolute Gasteiger partial charge is 0.380 e. The average molecular weight is 276 g/mol. The van der Waals surface area contributed by atoms with Gasteiger partial charge in [0.15, 0.2) is 0 Å². The molecule has 1 aromatic carbocycles. The SMILES string of the molecule is CNCCc1cc(Br)cc(COC)c1F. The fourth-order valence-corrected chi connectivity index (χ4v) is 1.96. The van der Waals surface area contributed by atoms with Crippen LogP contribution in [0.5, 0.6) is 0 Å². The third-order valence-electron chi connectivity index (χ3n) is 2.13. The van der Waals surface area contributed by atoms with E-state index in [4.69, 9.17) is 4.74 Å². The van der Waals surface area contributed by atoms with Crippen molar-refractivity contribution < 1.29 is 9.13 Å². The number of rotatable bonds is 5. The summed E-state index contributed by atoms with van der Waals surface area (Å²) < 4.78 is 19.7. The summed E-state index contributed by atoms with van der Waals surface area (Å²) in [6, 6.07) is 3.56. The minimum absolute atomic E-state index is 0.157. The lowest BCUT2D eigenvalue weighted by Gasteiger charge is -2.09. The summed E-state index contributed by atoms with van der Waals surface area (Å²) in [5.41, 5.74) is 1.31. The Hall–Kier alpha value is -0.450. The van der Waals surface area contributed by atoms with Crippen molar-refractivity contribution in [2.45, 2.75) is 13.0 Å². The lowest BCUT2D eigenvalue weighted by molar-refractivity contribution is 0.181. The zero-order valence-corrected chi connectivity index (χ0v) is 10.5. The number of methoxy groups -OCH3 is 1. The monoisotopic (exact) mass is 275 g/mol. The highest BCUT2D eigenvalue weighted by Crippen LogP contribution is 2.21. The van der Waals surface area contributed by atoms with E-state index in [-0.39, 0.29) is 5.82 Å². The molecule has 1 rings (SSSR count). The van der Waals surface area contributed by atoms with Gasteiger partial charge in [-0.25, -0.2) is 4.39 Å². The molecule has 1 N–H and O–H groups in total. The molecular formula is C11H15BrFNO. The summed E-state index contributed by atoms with van der Waals surface area (Å²) >= 11 is 3.37. The molecule has 84 valence electrons. The van der Waals surface area contributed by atoms with Crippen molar-refractivity contribution in [1.29, 1.82) is 0 Å². The van der Waals surface area contributed by atoms with Gasteiger partial charge < -0.3 is 10.1 Å². The Morgan fingerprint density at radius 3 is 2.67 bits per heavy atom. The van der Waals surface area contributed by atoms with E-state index in [1.807, 2.05) is 13.1 Å². The van der Waals surface area contributed by atoms with E-state index in [9.17, 15) is 4.39 Å². The van der Waals surface area contributed by atoms with Gasteiger partial charge in [-0.1, -0.05) is 15.9 Å². The molecule has 0 heterocycles. The molecule has 1 aromatic rings. The number of nitrogens with one attached hydrogen (secondary N) is 1. The number of ether oxygens (including phenoxy) is 1. The number of likely N-dealkylation sites (N-methyl/N-ethyl adjacent to an activating group) is 1. The molecule has 0 aliphatic rings. The van der Waals surface area contributed by atoms with Crippen LogP contribution in [-0.4, -0.2) is 20.7 Å². The summed E-state index contributed by atoms with van der Waals surface area (Å²) in [6.07, 6.45) is 0.679. The van der Waals surface area contributed by atoms with Crippen molar-refractivity contribution in [2.24, 2.45) is 0 Å². The van der Waals surface area contributed by atoms with Crippen LogP contribution in [0.4, 0.5) is 4.39 Å². The van der Waals surface area contributed by atoms with Gasteiger partial charge in [0.2, 0.25) is 0 Å². The number of benzene rings is 1. The van der Waals surface area contributed by atoms with E-state index in [1.54, 1.807) is 13.2 Å². The number of halogens is 2. The van der Waals surface area contributed by atoms with Gasteiger partial charge >= 0.3 is 0 Å². The molecule has 0 spiro atoms. The predicted octanol–water partition coefficient (Wildman–Crippen LogP) is 2.50. The second-order valence-electron chi connectivity index (χ2n) is 3.32. The lowest BCUT2D eigenvalue weighted by atomic mass is 10.1. The summed E-state index contributed by atoms with van der Waals surface area (Å²) in [5.74, 6) is -0.157. The van der Waals surface area contributed by atoms with E-state index in [0.29, 0.717) is 24.2 Å². The molecule has 0 bridgehead atoms. The quantitative estimate of drug-likeness (QED) is 0.892. The van der Waals surface area contributed by atoms with E-state index < -0.39 is 0 Å². The molecule has 15 heavy (non-hydrogen) atoms. The van der Waals surface area contributed by atoms with E-state index in [0.717, 1.165) is 11.0 Å². The van der Waals surface area contributed by atoms with Gasteiger partial charge in [-0.05, 0) is 37.7 Å². The van der Waals surface area contributed by atoms with Crippen molar-refractivity contribution in [2.75, 3.05) is 20.7 Å². The molecular weight excluding hydrogens is 261 g/mol. The third kappa shape index (κ3) is 3.55. The Kier molecular flexibility index (Phi) is 5.22. The van der Waals surface area contributed by atoms with Crippen LogP contribution in [0.25, 0.3) is 0 Å². The van der Waals surface area contributed by atoms with Gasteiger partial charge in [0.25, 0.3) is 0 Å². The van der Waals surface area contributed by atoms with Gasteiger partial charge in [0.05, 0.1) is 6.61 Å². The standard InChI is InChI=1S/C11H15BrFNO/c1-14-4-3-8-5-10(12)6-9(7-15-2)11(8)13/h5-6,14H,3-4,7H2,1-2H3. The van der Waals surface area contributed by atoms with Crippen molar-refractivity contribution >= 4 is 15.9 Å². The molecule has 0 amide bonds. The normalized spacial score (nSPS) is 10.7. The highest BCUT2D eigenvalue weighted by atomic mass is 79.9. The fraction of sp³-hybridized carbons (Fsp3) is 0.455. The van der Waals surface area contributed by atoms with Crippen LogP contribution < -0.4 is 5.32 Å². The first-order valence-electron chi connectivity index (χ1n) is 4.79. The van der Waals surface area contributed by atoms with Crippen molar-refractivity contribution in [3.05, 3.63) is 33.5 Å². The Balaban J connectivity index is 2.93. The van der Waals surface area contributed by atoms with Gasteiger partial charge in [-0.3, -0.25) is 0 Å². The molecule has 0 unspecified atom stereocenters. The topological polar surface area (TPSA) is 21.3 Å². The first-order chi connectivity index (χ1) is 7.19. The highest BCUT2D eigenvalue weighted by molar-refractivity contribution is 9.10. The first-order valence-corrected chi connectivity index (χ1v) is 5.58. The third-order valence-corrected chi connectivity index (χ3v) is 2.59. The summed E-state index contributed by atoms with van der Waals surface area (Å²) in [4.78, 5) is 0. The molecule has 0 atom stereocenters. The molecule has 0 radical (unpaired) electrons. The Labute approximate surface area is 98.0 Å². The lowest BCUT2D eigenvalue weighted by Crippen LogP contribution is -2.12. The van der Waals surface area contributed by atoms with Crippen LogP contribution in [0.1, 0.15) is 11.1 Å². The summed E-state index contributed by atoms with van der Waals surface area (Å²) in [7, 11) is 3.42. The summed E-state index contributed by atoms with van der Waals surface area (Å²) in [5, 5.41) is 3.00. The minimum Gasteiger partial charge on any atom is -0.380 e. The van der Waals surface area contributed by atoms with Crippen molar-refractivity contribution in [1.82, 2.24) is 5.32 Å². The van der Waals surface area contributed by atoms with Crippen LogP contribution in [0.3, 0.4) is 0 Å². The van der Waals surface area contributed by atoms with E-state index >= 15 is 0 Å². The van der Waals surface area contributed by atoms with Crippen LogP contribution in [0, 0.1) is 5.82 Å². The zero-order chi connectivity index (χ0) is 11.3. The van der Waals surface area contributed by atoms with E-state index in [1.165, 1.54) is 0 Å². The molecule has 0 aromatic heterocycles. The molecule has 0 saturated carbocycles.